The van der Waals surface area contributed by atoms with E-state index in [0.29, 0.717) is 18.4 Å². The molecule has 6 nitrogen and oxygen atoms in total. The molecular weight excluding hydrogens is 258 g/mol. The van der Waals surface area contributed by atoms with Crippen molar-refractivity contribution in [3.63, 3.8) is 0 Å². The summed E-state index contributed by atoms with van der Waals surface area (Å²) in [4.78, 5) is 21.6. The van der Waals surface area contributed by atoms with Crippen LogP contribution in [0.5, 0.6) is 5.88 Å². The van der Waals surface area contributed by atoms with Gasteiger partial charge in [-0.3, -0.25) is 4.79 Å². The van der Waals surface area contributed by atoms with E-state index in [1.165, 1.54) is 0 Å². The fourth-order valence-corrected chi connectivity index (χ4v) is 2.44. The van der Waals surface area contributed by atoms with Crippen molar-refractivity contribution in [1.82, 2.24) is 9.97 Å². The second kappa shape index (κ2) is 7.07. The predicted octanol–water partition coefficient (Wildman–Crippen LogP) is 2.10. The van der Waals surface area contributed by atoms with Crippen LogP contribution in [0.4, 0.5) is 5.95 Å². The van der Waals surface area contributed by atoms with Crippen LogP contribution in [0, 0.1) is 0 Å². The van der Waals surface area contributed by atoms with E-state index in [9.17, 15) is 4.79 Å². The number of aliphatic carboxylic acids is 1. The van der Waals surface area contributed by atoms with Crippen molar-refractivity contribution in [2.24, 2.45) is 0 Å². The highest BCUT2D eigenvalue weighted by Gasteiger charge is 2.26. The molecule has 1 aromatic heterocycles. The van der Waals surface area contributed by atoms with Crippen molar-refractivity contribution < 1.29 is 14.6 Å². The smallest absolute Gasteiger partial charge is 0.305 e. The number of rotatable bonds is 6. The molecular formula is C14H21N3O3. The SMILES string of the molecule is CCCOc1ccnc(N2CCCCC2CC(=O)O)n1. The summed E-state index contributed by atoms with van der Waals surface area (Å²) in [6.07, 6.45) is 5.68. The standard InChI is InChI=1S/C14H21N3O3/c1-2-9-20-12-6-7-15-14(16-12)17-8-4-3-5-11(17)10-13(18)19/h6-7,11H,2-5,8-10H2,1H3,(H,18,19). The summed E-state index contributed by atoms with van der Waals surface area (Å²) in [5.74, 6) is 0.348. The number of hydrogen-bond acceptors (Lipinski definition) is 5. The van der Waals surface area contributed by atoms with E-state index in [1.54, 1.807) is 12.3 Å². The molecule has 1 saturated heterocycles. The normalized spacial score (nSPS) is 18.9. The highest BCUT2D eigenvalue weighted by atomic mass is 16.5. The molecule has 2 heterocycles. The van der Waals surface area contributed by atoms with E-state index in [-0.39, 0.29) is 12.5 Å². The molecule has 1 aromatic rings. The summed E-state index contributed by atoms with van der Waals surface area (Å²) in [7, 11) is 0. The van der Waals surface area contributed by atoms with Gasteiger partial charge in [-0.15, -0.1) is 0 Å². The summed E-state index contributed by atoms with van der Waals surface area (Å²) in [5, 5.41) is 9.01. The highest BCUT2D eigenvalue weighted by molar-refractivity contribution is 5.68. The van der Waals surface area contributed by atoms with Gasteiger partial charge in [-0.05, 0) is 25.7 Å². The molecule has 1 aliphatic heterocycles. The number of carboxylic acids is 1. The van der Waals surface area contributed by atoms with Crippen LogP contribution in [0.15, 0.2) is 12.3 Å². The summed E-state index contributed by atoms with van der Waals surface area (Å²) >= 11 is 0. The van der Waals surface area contributed by atoms with Crippen molar-refractivity contribution >= 4 is 11.9 Å². The van der Waals surface area contributed by atoms with Gasteiger partial charge in [-0.1, -0.05) is 6.92 Å². The van der Waals surface area contributed by atoms with Crippen molar-refractivity contribution in [3.8, 4) is 5.88 Å². The number of ether oxygens (including phenoxy) is 1. The maximum absolute atomic E-state index is 11.0. The first kappa shape index (κ1) is 14.6. The van der Waals surface area contributed by atoms with Gasteiger partial charge in [0.15, 0.2) is 0 Å². The molecule has 0 spiro atoms. The average molecular weight is 279 g/mol. The van der Waals surface area contributed by atoms with E-state index < -0.39 is 5.97 Å². The van der Waals surface area contributed by atoms with E-state index in [1.807, 2.05) is 11.8 Å². The molecule has 1 unspecified atom stereocenters. The zero-order valence-electron chi connectivity index (χ0n) is 11.8. The fourth-order valence-electron chi connectivity index (χ4n) is 2.44. The highest BCUT2D eigenvalue weighted by Crippen LogP contribution is 2.24. The lowest BCUT2D eigenvalue weighted by molar-refractivity contribution is -0.137. The van der Waals surface area contributed by atoms with Gasteiger partial charge in [0.2, 0.25) is 11.8 Å². The lowest BCUT2D eigenvalue weighted by Crippen LogP contribution is -2.41. The number of carboxylic acid groups (broad SMARTS) is 1. The Labute approximate surface area is 118 Å². The molecule has 0 radical (unpaired) electrons. The number of aromatic nitrogens is 2. The van der Waals surface area contributed by atoms with Crippen LogP contribution in [0.25, 0.3) is 0 Å². The summed E-state index contributed by atoms with van der Waals surface area (Å²) in [6.45, 7) is 3.46. The van der Waals surface area contributed by atoms with Crippen molar-refractivity contribution in [3.05, 3.63) is 12.3 Å². The van der Waals surface area contributed by atoms with Crippen LogP contribution in [0.1, 0.15) is 39.0 Å². The Morgan fingerprint density at radius 1 is 1.55 bits per heavy atom. The molecule has 2 rings (SSSR count). The third-order valence-electron chi connectivity index (χ3n) is 3.37. The second-order valence-corrected chi connectivity index (χ2v) is 4.98. The van der Waals surface area contributed by atoms with Gasteiger partial charge in [0.05, 0.1) is 13.0 Å². The first-order chi connectivity index (χ1) is 9.70. The van der Waals surface area contributed by atoms with Crippen LogP contribution in [-0.4, -0.2) is 40.2 Å². The zero-order chi connectivity index (χ0) is 14.4. The Balaban J connectivity index is 2.12. The molecule has 110 valence electrons. The molecule has 0 aromatic carbocycles. The van der Waals surface area contributed by atoms with Gasteiger partial charge in [-0.2, -0.15) is 4.98 Å². The Morgan fingerprint density at radius 3 is 3.15 bits per heavy atom. The number of nitrogens with zero attached hydrogens (tertiary/aromatic N) is 3. The Kier molecular flexibility index (Phi) is 5.15. The first-order valence-electron chi connectivity index (χ1n) is 7.15. The maximum Gasteiger partial charge on any atom is 0.305 e. The lowest BCUT2D eigenvalue weighted by Gasteiger charge is -2.34. The van der Waals surface area contributed by atoms with Crippen molar-refractivity contribution in [1.29, 1.82) is 0 Å². The van der Waals surface area contributed by atoms with E-state index in [4.69, 9.17) is 9.84 Å². The predicted molar refractivity (Wildman–Crippen MR) is 75.1 cm³/mol. The number of piperidine rings is 1. The summed E-state index contributed by atoms with van der Waals surface area (Å²) in [5.41, 5.74) is 0. The van der Waals surface area contributed by atoms with Gasteiger partial charge in [-0.25, -0.2) is 4.98 Å². The van der Waals surface area contributed by atoms with Crippen LogP contribution in [-0.2, 0) is 4.79 Å². The number of anilines is 1. The molecule has 0 bridgehead atoms. The zero-order valence-corrected chi connectivity index (χ0v) is 11.8. The molecule has 6 heteroatoms. The second-order valence-electron chi connectivity index (χ2n) is 4.98. The average Bonchev–Trinajstić information content (AvgIpc) is 2.45. The van der Waals surface area contributed by atoms with E-state index in [2.05, 4.69) is 9.97 Å². The van der Waals surface area contributed by atoms with Gasteiger partial charge in [0.25, 0.3) is 0 Å². The summed E-state index contributed by atoms with van der Waals surface area (Å²) < 4.78 is 5.51. The molecule has 1 fully saturated rings. The monoisotopic (exact) mass is 279 g/mol. The molecule has 0 saturated carbocycles. The third kappa shape index (κ3) is 3.82. The molecule has 1 atom stereocenters. The third-order valence-corrected chi connectivity index (χ3v) is 3.37. The largest absolute Gasteiger partial charge is 0.481 e. The molecule has 0 aliphatic carbocycles. The lowest BCUT2D eigenvalue weighted by atomic mass is 10.00. The summed E-state index contributed by atoms with van der Waals surface area (Å²) in [6, 6.07) is 1.71. The van der Waals surface area contributed by atoms with Gasteiger partial charge >= 0.3 is 5.97 Å². The topological polar surface area (TPSA) is 75.5 Å². The Morgan fingerprint density at radius 2 is 2.40 bits per heavy atom. The van der Waals surface area contributed by atoms with Crippen LogP contribution >= 0.6 is 0 Å². The van der Waals surface area contributed by atoms with Crippen LogP contribution in [0.2, 0.25) is 0 Å². The minimum absolute atomic E-state index is 0.0253. The minimum Gasteiger partial charge on any atom is -0.481 e. The van der Waals surface area contributed by atoms with Crippen molar-refractivity contribution in [2.45, 2.75) is 45.1 Å². The maximum atomic E-state index is 11.0. The van der Waals surface area contributed by atoms with E-state index in [0.717, 1.165) is 32.2 Å². The molecule has 0 amide bonds. The number of carbonyl (C=O) groups is 1. The molecule has 1 N–H and O–H groups in total. The fraction of sp³-hybridized carbons (Fsp3) is 0.643. The van der Waals surface area contributed by atoms with Crippen molar-refractivity contribution in [2.75, 3.05) is 18.1 Å². The van der Waals surface area contributed by atoms with Gasteiger partial charge in [0.1, 0.15) is 0 Å². The van der Waals surface area contributed by atoms with E-state index >= 15 is 0 Å². The number of hydrogen-bond donors (Lipinski definition) is 1. The van der Waals surface area contributed by atoms with Gasteiger partial charge < -0.3 is 14.7 Å². The molecule has 1 aliphatic rings. The Bertz CT molecular complexity index is 453. The van der Waals surface area contributed by atoms with Crippen LogP contribution < -0.4 is 9.64 Å². The minimum atomic E-state index is -0.778. The molecule has 20 heavy (non-hydrogen) atoms. The Hall–Kier alpha value is -1.85. The quantitative estimate of drug-likeness (QED) is 0.859. The first-order valence-corrected chi connectivity index (χ1v) is 7.15. The van der Waals surface area contributed by atoms with Gasteiger partial charge in [0, 0.05) is 24.8 Å². The van der Waals surface area contributed by atoms with Crippen LogP contribution in [0.3, 0.4) is 0 Å².